The van der Waals surface area contributed by atoms with Crippen LogP contribution in [-0.4, -0.2) is 51.7 Å². The predicted molar refractivity (Wildman–Crippen MR) is 103 cm³/mol. The molecule has 0 amide bonds. The van der Waals surface area contributed by atoms with Crippen LogP contribution in [-0.2, 0) is 0 Å². The van der Waals surface area contributed by atoms with E-state index in [0.29, 0.717) is 12.5 Å². The first-order valence-electron chi connectivity index (χ1n) is 8.81. The summed E-state index contributed by atoms with van der Waals surface area (Å²) >= 11 is 0. The van der Waals surface area contributed by atoms with E-state index in [2.05, 4.69) is 56.5 Å². The predicted octanol–water partition coefficient (Wildman–Crippen LogP) is 2.90. The van der Waals surface area contributed by atoms with Crippen molar-refractivity contribution in [1.29, 1.82) is 0 Å². The highest BCUT2D eigenvalue weighted by Gasteiger charge is 2.18. The lowest BCUT2D eigenvalue weighted by Gasteiger charge is -2.25. The van der Waals surface area contributed by atoms with Crippen molar-refractivity contribution in [2.45, 2.75) is 33.2 Å². The van der Waals surface area contributed by atoms with Crippen LogP contribution in [0, 0.1) is 5.92 Å². The average Bonchev–Trinajstić information content (AvgIpc) is 2.54. The second-order valence-corrected chi connectivity index (χ2v) is 6.55. The van der Waals surface area contributed by atoms with Gasteiger partial charge in [0.2, 0.25) is 0 Å². The number of nitrogens with zero attached hydrogens (tertiary/aromatic N) is 2. The van der Waals surface area contributed by atoms with Crippen molar-refractivity contribution in [2.24, 2.45) is 10.9 Å². The highest BCUT2D eigenvalue weighted by atomic mass is 16.5. The Morgan fingerprint density at radius 3 is 2.50 bits per heavy atom. The molecular formula is C19H34N4O. The number of methoxy groups -OCH3 is 1. The summed E-state index contributed by atoms with van der Waals surface area (Å²) in [6.45, 7) is 9.01. The first kappa shape index (κ1) is 20.3. The molecule has 0 aliphatic rings. The molecular weight excluding hydrogens is 300 g/mol. The number of para-hydroxylation sites is 1. The van der Waals surface area contributed by atoms with E-state index in [1.165, 1.54) is 0 Å². The van der Waals surface area contributed by atoms with Gasteiger partial charge in [0.15, 0.2) is 5.96 Å². The van der Waals surface area contributed by atoms with Crippen LogP contribution in [0.1, 0.15) is 38.8 Å². The number of guanidine groups is 1. The monoisotopic (exact) mass is 334 g/mol. The molecule has 2 N–H and O–H groups in total. The SMILES string of the molecule is CCNC(=NCC(c1ccccc1OC)N(C)C)NCCC(C)C. The summed E-state index contributed by atoms with van der Waals surface area (Å²) < 4.78 is 5.52. The molecule has 24 heavy (non-hydrogen) atoms. The van der Waals surface area contributed by atoms with E-state index in [9.17, 15) is 0 Å². The van der Waals surface area contributed by atoms with Crippen LogP contribution < -0.4 is 15.4 Å². The van der Waals surface area contributed by atoms with Crippen molar-refractivity contribution in [3.63, 3.8) is 0 Å². The maximum absolute atomic E-state index is 5.52. The van der Waals surface area contributed by atoms with Gasteiger partial charge in [-0.05, 0) is 39.4 Å². The number of aliphatic imine (C=N–C) groups is 1. The standard InChI is InChI=1S/C19H34N4O/c1-7-20-19(21-13-12-15(2)3)22-14-17(23(4)5)16-10-8-9-11-18(16)24-6/h8-11,15,17H,7,12-14H2,1-6H3,(H2,20,21,22). The van der Waals surface area contributed by atoms with Crippen LogP contribution in [0.15, 0.2) is 29.3 Å². The van der Waals surface area contributed by atoms with Gasteiger partial charge in [-0.2, -0.15) is 0 Å². The van der Waals surface area contributed by atoms with E-state index in [-0.39, 0.29) is 6.04 Å². The summed E-state index contributed by atoms with van der Waals surface area (Å²) in [5.74, 6) is 2.47. The fraction of sp³-hybridized carbons (Fsp3) is 0.632. The zero-order chi connectivity index (χ0) is 17.9. The molecule has 5 nitrogen and oxygen atoms in total. The molecule has 0 saturated heterocycles. The molecule has 0 spiro atoms. The Bertz CT molecular complexity index is 500. The zero-order valence-electron chi connectivity index (χ0n) is 16.1. The van der Waals surface area contributed by atoms with Gasteiger partial charge in [0, 0.05) is 18.7 Å². The molecule has 0 aromatic heterocycles. The summed E-state index contributed by atoms with van der Waals surface area (Å²) in [4.78, 5) is 6.96. The van der Waals surface area contributed by atoms with Crippen molar-refractivity contribution in [1.82, 2.24) is 15.5 Å². The Labute approximate surface area is 147 Å². The van der Waals surface area contributed by atoms with E-state index < -0.39 is 0 Å². The van der Waals surface area contributed by atoms with Gasteiger partial charge in [0.25, 0.3) is 0 Å². The molecule has 0 radical (unpaired) electrons. The topological polar surface area (TPSA) is 48.9 Å². The third-order valence-corrected chi connectivity index (χ3v) is 3.90. The Hall–Kier alpha value is -1.75. The lowest BCUT2D eigenvalue weighted by molar-refractivity contribution is 0.295. The average molecular weight is 335 g/mol. The van der Waals surface area contributed by atoms with Gasteiger partial charge in [0.1, 0.15) is 5.75 Å². The second kappa shape index (κ2) is 10.9. The minimum Gasteiger partial charge on any atom is -0.496 e. The van der Waals surface area contributed by atoms with Crippen LogP contribution in [0.4, 0.5) is 0 Å². The Morgan fingerprint density at radius 1 is 1.21 bits per heavy atom. The van der Waals surface area contributed by atoms with E-state index >= 15 is 0 Å². The van der Waals surface area contributed by atoms with Gasteiger partial charge < -0.3 is 20.3 Å². The van der Waals surface area contributed by atoms with Crippen molar-refractivity contribution < 1.29 is 4.74 Å². The number of nitrogens with one attached hydrogen (secondary N) is 2. The molecule has 5 heteroatoms. The summed E-state index contributed by atoms with van der Waals surface area (Å²) in [6, 6.07) is 8.32. The lowest BCUT2D eigenvalue weighted by atomic mass is 10.0. The number of hydrogen-bond donors (Lipinski definition) is 2. The van der Waals surface area contributed by atoms with E-state index in [1.807, 2.05) is 18.2 Å². The second-order valence-electron chi connectivity index (χ2n) is 6.55. The molecule has 1 rings (SSSR count). The Kier molecular flexibility index (Phi) is 9.23. The molecule has 0 aliphatic heterocycles. The molecule has 0 heterocycles. The Morgan fingerprint density at radius 2 is 1.92 bits per heavy atom. The molecule has 0 fully saturated rings. The number of benzene rings is 1. The molecule has 1 atom stereocenters. The summed E-state index contributed by atoms with van der Waals surface area (Å²) in [6.07, 6.45) is 1.13. The van der Waals surface area contributed by atoms with Crippen molar-refractivity contribution in [3.8, 4) is 5.75 Å². The lowest BCUT2D eigenvalue weighted by Crippen LogP contribution is -2.38. The maximum Gasteiger partial charge on any atom is 0.191 e. The third-order valence-electron chi connectivity index (χ3n) is 3.90. The van der Waals surface area contributed by atoms with Crippen LogP contribution in [0.2, 0.25) is 0 Å². The van der Waals surface area contributed by atoms with Gasteiger partial charge in [-0.3, -0.25) is 4.99 Å². The summed E-state index contributed by atoms with van der Waals surface area (Å²) in [5.41, 5.74) is 1.16. The van der Waals surface area contributed by atoms with Gasteiger partial charge >= 0.3 is 0 Å². The first-order valence-corrected chi connectivity index (χ1v) is 8.81. The van der Waals surface area contributed by atoms with Crippen LogP contribution in [0.5, 0.6) is 5.75 Å². The Balaban J connectivity index is 2.84. The van der Waals surface area contributed by atoms with Crippen LogP contribution >= 0.6 is 0 Å². The van der Waals surface area contributed by atoms with Crippen LogP contribution in [0.25, 0.3) is 0 Å². The minimum atomic E-state index is 0.168. The molecule has 0 bridgehead atoms. The molecule has 1 aromatic carbocycles. The van der Waals surface area contributed by atoms with Crippen molar-refractivity contribution in [3.05, 3.63) is 29.8 Å². The quantitative estimate of drug-likeness (QED) is 0.538. The zero-order valence-corrected chi connectivity index (χ0v) is 16.1. The first-order chi connectivity index (χ1) is 11.5. The van der Waals surface area contributed by atoms with E-state index in [0.717, 1.165) is 36.8 Å². The van der Waals surface area contributed by atoms with E-state index in [1.54, 1.807) is 7.11 Å². The fourth-order valence-electron chi connectivity index (χ4n) is 2.48. The summed E-state index contributed by atoms with van der Waals surface area (Å²) in [5, 5.41) is 6.74. The molecule has 0 aliphatic carbocycles. The highest BCUT2D eigenvalue weighted by Crippen LogP contribution is 2.28. The van der Waals surface area contributed by atoms with Gasteiger partial charge in [0.05, 0.1) is 19.7 Å². The number of rotatable bonds is 9. The minimum absolute atomic E-state index is 0.168. The fourth-order valence-corrected chi connectivity index (χ4v) is 2.48. The van der Waals surface area contributed by atoms with Crippen molar-refractivity contribution in [2.75, 3.05) is 40.8 Å². The normalized spacial score (nSPS) is 13.2. The van der Waals surface area contributed by atoms with Gasteiger partial charge in [-0.25, -0.2) is 0 Å². The molecule has 136 valence electrons. The van der Waals surface area contributed by atoms with Gasteiger partial charge in [-0.15, -0.1) is 0 Å². The van der Waals surface area contributed by atoms with Crippen LogP contribution in [0.3, 0.4) is 0 Å². The van der Waals surface area contributed by atoms with E-state index in [4.69, 9.17) is 9.73 Å². The number of likely N-dealkylation sites (N-methyl/N-ethyl adjacent to an activating group) is 1. The largest absolute Gasteiger partial charge is 0.496 e. The maximum atomic E-state index is 5.52. The van der Waals surface area contributed by atoms with Crippen molar-refractivity contribution >= 4 is 5.96 Å². The highest BCUT2D eigenvalue weighted by molar-refractivity contribution is 5.79. The number of ether oxygens (including phenoxy) is 1. The smallest absolute Gasteiger partial charge is 0.191 e. The third kappa shape index (κ3) is 6.79. The molecule has 1 aromatic rings. The summed E-state index contributed by atoms with van der Waals surface area (Å²) in [7, 11) is 5.86. The number of hydrogen-bond acceptors (Lipinski definition) is 3. The molecule has 0 saturated carbocycles. The molecule has 1 unspecified atom stereocenters. The van der Waals surface area contributed by atoms with Gasteiger partial charge in [-0.1, -0.05) is 32.0 Å².